The van der Waals surface area contributed by atoms with Crippen LogP contribution in [0.3, 0.4) is 0 Å². The first-order valence-electron chi connectivity index (χ1n) is 4.52. The van der Waals surface area contributed by atoms with Crippen molar-refractivity contribution in [1.29, 1.82) is 0 Å². The van der Waals surface area contributed by atoms with Crippen LogP contribution in [0.4, 0.5) is 0 Å². The van der Waals surface area contributed by atoms with Crippen molar-refractivity contribution in [3.05, 3.63) is 35.9 Å². The summed E-state index contributed by atoms with van der Waals surface area (Å²) in [5.74, 6) is 1.12. The van der Waals surface area contributed by atoms with Gasteiger partial charge in [-0.1, -0.05) is 30.3 Å². The van der Waals surface area contributed by atoms with E-state index in [0.29, 0.717) is 11.8 Å². The number of hydrogen-bond acceptors (Lipinski definition) is 1. The first kappa shape index (κ1) is 7.81. The Balaban J connectivity index is 2.06. The topological polar surface area (TPSA) is 20.2 Å². The van der Waals surface area contributed by atoms with Crippen LogP contribution in [0.25, 0.3) is 0 Å². The third-order valence-corrected chi connectivity index (χ3v) is 2.69. The number of hydrogen-bond donors (Lipinski definition) is 1. The summed E-state index contributed by atoms with van der Waals surface area (Å²) in [6.07, 6.45) is 1.01. The lowest BCUT2D eigenvalue weighted by atomic mass is 10.1. The van der Waals surface area contributed by atoms with Gasteiger partial charge in [-0.05, 0) is 30.7 Å². The molecule has 0 saturated heterocycles. The second kappa shape index (κ2) is 2.91. The average molecular weight is 162 g/mol. The molecule has 1 aliphatic rings. The predicted octanol–water partition coefficient (Wildman–Crippen LogP) is 2.17. The van der Waals surface area contributed by atoms with Crippen molar-refractivity contribution < 1.29 is 5.11 Å². The van der Waals surface area contributed by atoms with E-state index in [1.165, 1.54) is 5.56 Å². The number of aliphatic hydroxyl groups is 1. The minimum atomic E-state index is -0.143. The van der Waals surface area contributed by atoms with Gasteiger partial charge in [0.05, 0.1) is 6.10 Å². The van der Waals surface area contributed by atoms with Crippen LogP contribution >= 0.6 is 0 Å². The molecular weight excluding hydrogens is 148 g/mol. The maximum absolute atomic E-state index is 9.32. The number of aliphatic hydroxyl groups excluding tert-OH is 1. The molecule has 0 spiro atoms. The quantitative estimate of drug-likeness (QED) is 0.706. The van der Waals surface area contributed by atoms with Crippen molar-refractivity contribution in [3.63, 3.8) is 0 Å². The van der Waals surface area contributed by atoms with Gasteiger partial charge in [0.15, 0.2) is 0 Å². The Hall–Kier alpha value is -0.820. The van der Waals surface area contributed by atoms with Gasteiger partial charge in [-0.15, -0.1) is 0 Å². The summed E-state index contributed by atoms with van der Waals surface area (Å²) in [5.41, 5.74) is 1.38. The molecule has 1 heteroatoms. The van der Waals surface area contributed by atoms with E-state index in [1.807, 2.05) is 13.0 Å². The zero-order chi connectivity index (χ0) is 8.55. The van der Waals surface area contributed by atoms with Crippen molar-refractivity contribution in [1.82, 2.24) is 0 Å². The first-order valence-corrected chi connectivity index (χ1v) is 4.52. The molecule has 64 valence electrons. The minimum absolute atomic E-state index is 0.143. The van der Waals surface area contributed by atoms with Crippen LogP contribution in [0.2, 0.25) is 0 Å². The largest absolute Gasteiger partial charge is 0.393 e. The van der Waals surface area contributed by atoms with Crippen molar-refractivity contribution in [2.24, 2.45) is 5.92 Å². The van der Waals surface area contributed by atoms with E-state index in [2.05, 4.69) is 24.3 Å². The predicted molar refractivity (Wildman–Crippen MR) is 49.0 cm³/mol. The van der Waals surface area contributed by atoms with E-state index < -0.39 is 0 Å². The molecule has 2 rings (SSSR count). The Morgan fingerprint density at radius 3 is 2.50 bits per heavy atom. The van der Waals surface area contributed by atoms with Crippen LogP contribution in [0, 0.1) is 5.92 Å². The molecule has 0 aliphatic heterocycles. The molecule has 3 atom stereocenters. The summed E-state index contributed by atoms with van der Waals surface area (Å²) < 4.78 is 0. The van der Waals surface area contributed by atoms with E-state index in [1.54, 1.807) is 0 Å². The second-order valence-corrected chi connectivity index (χ2v) is 3.66. The van der Waals surface area contributed by atoms with Crippen LogP contribution in [0.15, 0.2) is 30.3 Å². The molecule has 1 aromatic rings. The van der Waals surface area contributed by atoms with Crippen LogP contribution < -0.4 is 0 Å². The maximum Gasteiger partial charge on any atom is 0.0546 e. The van der Waals surface area contributed by atoms with Crippen molar-refractivity contribution in [3.8, 4) is 0 Å². The standard InChI is InChI=1S/C11H14O/c1-8(12)10-7-11(10)9-5-3-2-4-6-9/h2-6,8,10-12H,7H2,1H3/t8-,10+,11-/m0/s1. The summed E-state index contributed by atoms with van der Waals surface area (Å²) >= 11 is 0. The van der Waals surface area contributed by atoms with Gasteiger partial charge < -0.3 is 5.11 Å². The minimum Gasteiger partial charge on any atom is -0.393 e. The zero-order valence-electron chi connectivity index (χ0n) is 7.27. The molecule has 0 bridgehead atoms. The Kier molecular flexibility index (Phi) is 1.89. The fraction of sp³-hybridized carbons (Fsp3) is 0.455. The van der Waals surface area contributed by atoms with E-state index >= 15 is 0 Å². The van der Waals surface area contributed by atoms with Gasteiger partial charge >= 0.3 is 0 Å². The van der Waals surface area contributed by atoms with E-state index in [-0.39, 0.29) is 6.10 Å². The summed E-state index contributed by atoms with van der Waals surface area (Å²) in [6, 6.07) is 10.4. The molecule has 1 N–H and O–H groups in total. The Morgan fingerprint density at radius 2 is 2.00 bits per heavy atom. The van der Waals surface area contributed by atoms with Crippen LogP contribution in [-0.4, -0.2) is 11.2 Å². The van der Waals surface area contributed by atoms with Crippen LogP contribution in [0.1, 0.15) is 24.8 Å². The van der Waals surface area contributed by atoms with Crippen molar-refractivity contribution in [2.75, 3.05) is 0 Å². The van der Waals surface area contributed by atoms with E-state index in [9.17, 15) is 5.11 Å². The number of benzene rings is 1. The van der Waals surface area contributed by atoms with Gasteiger partial charge in [0, 0.05) is 0 Å². The summed E-state index contributed by atoms with van der Waals surface area (Å²) in [6.45, 7) is 1.88. The summed E-state index contributed by atoms with van der Waals surface area (Å²) in [4.78, 5) is 0. The molecule has 0 heterocycles. The van der Waals surface area contributed by atoms with Gasteiger partial charge in [0.2, 0.25) is 0 Å². The molecule has 0 radical (unpaired) electrons. The fourth-order valence-corrected chi connectivity index (χ4v) is 1.83. The third-order valence-electron chi connectivity index (χ3n) is 2.69. The van der Waals surface area contributed by atoms with E-state index in [0.717, 1.165) is 6.42 Å². The highest BCUT2D eigenvalue weighted by molar-refractivity contribution is 5.25. The molecule has 0 unspecified atom stereocenters. The fourth-order valence-electron chi connectivity index (χ4n) is 1.83. The van der Waals surface area contributed by atoms with Gasteiger partial charge in [0.25, 0.3) is 0 Å². The molecular formula is C11H14O. The van der Waals surface area contributed by atoms with Crippen molar-refractivity contribution >= 4 is 0 Å². The molecule has 1 aliphatic carbocycles. The van der Waals surface area contributed by atoms with Gasteiger partial charge in [-0.25, -0.2) is 0 Å². The molecule has 0 aromatic heterocycles. The SMILES string of the molecule is C[C@H](O)[C@H]1C[C@H]1c1ccccc1. The van der Waals surface area contributed by atoms with Gasteiger partial charge in [0.1, 0.15) is 0 Å². The van der Waals surface area contributed by atoms with Crippen LogP contribution in [0.5, 0.6) is 0 Å². The first-order chi connectivity index (χ1) is 5.79. The Morgan fingerprint density at radius 1 is 1.33 bits per heavy atom. The third kappa shape index (κ3) is 1.37. The highest BCUT2D eigenvalue weighted by Crippen LogP contribution is 2.49. The second-order valence-electron chi connectivity index (χ2n) is 3.66. The smallest absolute Gasteiger partial charge is 0.0546 e. The summed E-state index contributed by atoms with van der Waals surface area (Å²) in [7, 11) is 0. The number of rotatable bonds is 2. The van der Waals surface area contributed by atoms with Crippen molar-refractivity contribution in [2.45, 2.75) is 25.4 Å². The maximum atomic E-state index is 9.32. The lowest BCUT2D eigenvalue weighted by molar-refractivity contribution is 0.169. The molecule has 0 amide bonds. The Bertz CT molecular complexity index is 253. The van der Waals surface area contributed by atoms with E-state index in [4.69, 9.17) is 0 Å². The lowest BCUT2D eigenvalue weighted by Gasteiger charge is -2.02. The normalized spacial score (nSPS) is 29.8. The molecule has 1 nitrogen and oxygen atoms in total. The van der Waals surface area contributed by atoms with Gasteiger partial charge in [-0.2, -0.15) is 0 Å². The molecule has 1 aromatic carbocycles. The summed E-state index contributed by atoms with van der Waals surface area (Å²) in [5, 5.41) is 9.32. The van der Waals surface area contributed by atoms with Gasteiger partial charge in [-0.3, -0.25) is 0 Å². The highest BCUT2D eigenvalue weighted by Gasteiger charge is 2.41. The lowest BCUT2D eigenvalue weighted by Crippen LogP contribution is -2.03. The highest BCUT2D eigenvalue weighted by atomic mass is 16.3. The molecule has 12 heavy (non-hydrogen) atoms. The molecule has 1 saturated carbocycles. The zero-order valence-corrected chi connectivity index (χ0v) is 7.27. The average Bonchev–Trinajstić information content (AvgIpc) is 2.84. The molecule has 1 fully saturated rings. The monoisotopic (exact) mass is 162 g/mol. The Labute approximate surface area is 73.0 Å². The van der Waals surface area contributed by atoms with Crippen LogP contribution in [-0.2, 0) is 0 Å².